The number of esters is 1. The van der Waals surface area contributed by atoms with Crippen molar-refractivity contribution in [3.8, 4) is 0 Å². The molecular weight excluding hydrogens is 462 g/mol. The Morgan fingerprint density at radius 3 is 2.62 bits per heavy atom. The Morgan fingerprint density at radius 2 is 1.92 bits per heavy atom. The summed E-state index contributed by atoms with van der Waals surface area (Å²) in [5.74, 6) is 4.22. The van der Waals surface area contributed by atoms with Crippen LogP contribution < -0.4 is 5.32 Å². The fourth-order valence-corrected chi connectivity index (χ4v) is 9.93. The Bertz CT molecular complexity index is 1010. The lowest BCUT2D eigenvalue weighted by Crippen LogP contribution is -2.50. The second-order valence-electron chi connectivity index (χ2n) is 14.0. The van der Waals surface area contributed by atoms with Crippen LogP contribution in [0.5, 0.6) is 0 Å². The van der Waals surface area contributed by atoms with Gasteiger partial charge in [0.25, 0.3) is 0 Å². The maximum Gasteiger partial charge on any atom is 0.302 e. The highest BCUT2D eigenvalue weighted by atomic mass is 16.5. The van der Waals surface area contributed by atoms with Crippen LogP contribution in [0.1, 0.15) is 106 Å². The molecule has 5 heteroatoms. The van der Waals surface area contributed by atoms with Gasteiger partial charge in [-0.05, 0) is 98.9 Å². The average molecular weight is 512 g/mol. The van der Waals surface area contributed by atoms with Gasteiger partial charge < -0.3 is 14.8 Å². The maximum absolute atomic E-state index is 11.6. The minimum atomic E-state index is -0.146. The fraction of sp³-hybridized carbons (Fsp3) is 0.812. The molecule has 0 radical (unpaired) electrons. The normalized spacial score (nSPS) is 43.0. The molecule has 5 aliphatic rings. The molecule has 9 atom stereocenters. The van der Waals surface area contributed by atoms with Crippen molar-refractivity contribution >= 4 is 11.9 Å². The molecule has 0 spiro atoms. The molecule has 0 aromatic rings. The zero-order valence-electron chi connectivity index (χ0n) is 24.2. The molecule has 1 aliphatic heterocycles. The standard InChI is InChI=1S/C32H49NO4/c1-19(18-33-21(3)34)8-11-28-20(2)29-31(6)15-13-26-25(27(31)17-32(29,7)37-28)10-9-23-16-24(36-22(4)35)12-14-30(23,26)5/h9,19,24-27,29H,8,10-18H2,1-7H3,(H,33,34). The van der Waals surface area contributed by atoms with Gasteiger partial charge in [0.15, 0.2) is 0 Å². The number of fused-ring (bicyclic) bond motifs is 7. The molecule has 1 N–H and O–H groups in total. The van der Waals surface area contributed by atoms with Crippen molar-refractivity contribution in [2.45, 2.75) is 118 Å². The third kappa shape index (κ3) is 4.46. The Morgan fingerprint density at radius 1 is 1.16 bits per heavy atom. The van der Waals surface area contributed by atoms with Crippen molar-refractivity contribution in [3.05, 3.63) is 23.0 Å². The smallest absolute Gasteiger partial charge is 0.302 e. The first kappa shape index (κ1) is 26.8. The number of amides is 1. The summed E-state index contributed by atoms with van der Waals surface area (Å²) < 4.78 is 12.5. The average Bonchev–Trinajstić information content (AvgIpc) is 3.22. The first-order valence-corrected chi connectivity index (χ1v) is 14.9. The van der Waals surface area contributed by atoms with Gasteiger partial charge in [-0.2, -0.15) is 0 Å². The van der Waals surface area contributed by atoms with E-state index in [1.165, 1.54) is 37.5 Å². The van der Waals surface area contributed by atoms with Crippen LogP contribution in [0.25, 0.3) is 0 Å². The van der Waals surface area contributed by atoms with Crippen molar-refractivity contribution < 1.29 is 19.1 Å². The number of carbonyl (C=O) groups is 2. The van der Waals surface area contributed by atoms with Gasteiger partial charge in [0.1, 0.15) is 11.7 Å². The van der Waals surface area contributed by atoms with Crippen LogP contribution in [0.3, 0.4) is 0 Å². The van der Waals surface area contributed by atoms with E-state index in [9.17, 15) is 9.59 Å². The summed E-state index contributed by atoms with van der Waals surface area (Å²) in [5, 5.41) is 2.96. The number of carbonyl (C=O) groups excluding carboxylic acids is 2. The predicted octanol–water partition coefficient (Wildman–Crippen LogP) is 6.72. The van der Waals surface area contributed by atoms with Crippen molar-refractivity contribution in [2.24, 2.45) is 40.4 Å². The molecule has 0 saturated heterocycles. The monoisotopic (exact) mass is 511 g/mol. The van der Waals surface area contributed by atoms with E-state index in [0.717, 1.165) is 56.9 Å². The second kappa shape index (κ2) is 9.45. The number of allylic oxidation sites excluding steroid dienone is 2. The third-order valence-electron chi connectivity index (χ3n) is 11.5. The molecule has 0 aromatic heterocycles. The van der Waals surface area contributed by atoms with E-state index in [1.807, 2.05) is 0 Å². The SMILES string of the molecule is CC(=O)NCC(C)CCC1=C(C)C2C(C)(CC3C4CC=C5CC(OC(C)=O)CCC5(C)C4CCC32C)O1. The Labute approximate surface area is 224 Å². The number of hydrogen-bond donors (Lipinski definition) is 1. The van der Waals surface area contributed by atoms with Crippen LogP contribution >= 0.6 is 0 Å². The van der Waals surface area contributed by atoms with Gasteiger partial charge in [-0.15, -0.1) is 0 Å². The Balaban J connectivity index is 1.32. The summed E-state index contributed by atoms with van der Waals surface area (Å²) in [5.41, 5.74) is 3.51. The van der Waals surface area contributed by atoms with Gasteiger partial charge in [-0.1, -0.05) is 32.4 Å². The van der Waals surface area contributed by atoms with Crippen LogP contribution in [-0.2, 0) is 19.1 Å². The van der Waals surface area contributed by atoms with Crippen LogP contribution in [0.2, 0.25) is 0 Å². The number of ether oxygens (including phenoxy) is 2. The van der Waals surface area contributed by atoms with Gasteiger partial charge in [0.2, 0.25) is 5.91 Å². The topological polar surface area (TPSA) is 64.6 Å². The lowest BCUT2D eigenvalue weighted by Gasteiger charge is -2.58. The van der Waals surface area contributed by atoms with Crippen LogP contribution in [0, 0.1) is 40.4 Å². The van der Waals surface area contributed by atoms with Gasteiger partial charge in [-0.3, -0.25) is 9.59 Å². The quantitative estimate of drug-likeness (QED) is 0.317. The summed E-state index contributed by atoms with van der Waals surface area (Å²) in [6.07, 6.45) is 12.6. The van der Waals surface area contributed by atoms with Gasteiger partial charge in [-0.25, -0.2) is 0 Å². The van der Waals surface area contributed by atoms with E-state index in [4.69, 9.17) is 9.47 Å². The molecule has 4 aliphatic carbocycles. The second-order valence-corrected chi connectivity index (χ2v) is 14.0. The first-order valence-electron chi connectivity index (χ1n) is 14.9. The third-order valence-corrected chi connectivity index (χ3v) is 11.5. The molecule has 5 rings (SSSR count). The van der Waals surface area contributed by atoms with E-state index >= 15 is 0 Å². The molecule has 37 heavy (non-hydrogen) atoms. The molecule has 5 nitrogen and oxygen atoms in total. The molecule has 3 saturated carbocycles. The number of hydrogen-bond acceptors (Lipinski definition) is 4. The molecule has 0 bridgehead atoms. The number of rotatable bonds is 6. The van der Waals surface area contributed by atoms with Gasteiger partial charge in [0.05, 0.1) is 5.76 Å². The van der Waals surface area contributed by atoms with E-state index < -0.39 is 0 Å². The minimum Gasteiger partial charge on any atom is -0.491 e. The predicted molar refractivity (Wildman–Crippen MR) is 145 cm³/mol. The molecule has 1 heterocycles. The number of nitrogens with one attached hydrogen (secondary N) is 1. The van der Waals surface area contributed by atoms with Crippen molar-refractivity contribution in [3.63, 3.8) is 0 Å². The Hall–Kier alpha value is -1.78. The highest BCUT2D eigenvalue weighted by Gasteiger charge is 2.67. The van der Waals surface area contributed by atoms with E-state index in [1.54, 1.807) is 12.5 Å². The summed E-state index contributed by atoms with van der Waals surface area (Å²) in [6.45, 7) is 15.9. The van der Waals surface area contributed by atoms with E-state index in [0.29, 0.717) is 23.2 Å². The highest BCUT2D eigenvalue weighted by molar-refractivity contribution is 5.72. The fourth-order valence-electron chi connectivity index (χ4n) is 9.93. The summed E-state index contributed by atoms with van der Waals surface area (Å²) in [4.78, 5) is 22.9. The van der Waals surface area contributed by atoms with Crippen LogP contribution in [0.4, 0.5) is 0 Å². The molecule has 0 aromatic carbocycles. The summed E-state index contributed by atoms with van der Waals surface area (Å²) >= 11 is 0. The minimum absolute atomic E-state index is 0.0481. The van der Waals surface area contributed by atoms with Gasteiger partial charge in [0, 0.05) is 39.2 Å². The lowest BCUT2D eigenvalue weighted by atomic mass is 9.47. The summed E-state index contributed by atoms with van der Waals surface area (Å²) in [7, 11) is 0. The van der Waals surface area contributed by atoms with Crippen molar-refractivity contribution in [1.29, 1.82) is 0 Å². The van der Waals surface area contributed by atoms with Crippen molar-refractivity contribution in [2.75, 3.05) is 6.54 Å². The molecule has 9 unspecified atom stereocenters. The zero-order chi connectivity index (χ0) is 26.8. The van der Waals surface area contributed by atoms with Crippen molar-refractivity contribution in [1.82, 2.24) is 5.32 Å². The van der Waals surface area contributed by atoms with Gasteiger partial charge >= 0.3 is 5.97 Å². The molecule has 3 fully saturated rings. The largest absolute Gasteiger partial charge is 0.491 e. The lowest BCUT2D eigenvalue weighted by molar-refractivity contribution is -0.148. The maximum atomic E-state index is 11.6. The van der Waals surface area contributed by atoms with E-state index in [2.05, 4.69) is 46.0 Å². The molecular formula is C32H49NO4. The highest BCUT2D eigenvalue weighted by Crippen LogP contribution is 2.71. The van der Waals surface area contributed by atoms with E-state index in [-0.39, 0.29) is 29.0 Å². The zero-order valence-corrected chi connectivity index (χ0v) is 24.2. The molecule has 206 valence electrons. The van der Waals surface area contributed by atoms with Crippen LogP contribution in [0.15, 0.2) is 23.0 Å². The summed E-state index contributed by atoms with van der Waals surface area (Å²) in [6, 6.07) is 0. The Kier molecular flexibility index (Phi) is 6.85. The van der Waals surface area contributed by atoms with Crippen LogP contribution in [-0.4, -0.2) is 30.1 Å². The molecule has 1 amide bonds. The first-order chi connectivity index (χ1) is 17.4.